The van der Waals surface area contributed by atoms with E-state index < -0.39 is 41.1 Å². The van der Waals surface area contributed by atoms with Crippen molar-refractivity contribution in [2.45, 2.75) is 30.3 Å². The maximum atomic E-state index is 14.8. The Labute approximate surface area is 195 Å². The van der Waals surface area contributed by atoms with Gasteiger partial charge in [0.2, 0.25) is 5.91 Å². The minimum absolute atomic E-state index is 0.0391. The minimum atomic E-state index is -1.11. The van der Waals surface area contributed by atoms with Gasteiger partial charge in [-0.1, -0.05) is 24.3 Å². The van der Waals surface area contributed by atoms with Crippen LogP contribution in [0.3, 0.4) is 0 Å². The van der Waals surface area contributed by atoms with Crippen LogP contribution in [0.25, 0.3) is 10.9 Å². The number of likely N-dealkylation sites (N-methyl/N-ethyl adjacent to an activating group) is 1. The number of carbonyl (C=O) groups excluding carboxylic acids is 2. The summed E-state index contributed by atoms with van der Waals surface area (Å²) in [6.45, 7) is 0.0708. The zero-order chi connectivity index (χ0) is 24.0. The largest absolute Gasteiger partial charge is 0.497 e. The average Bonchev–Trinajstić information content (AvgIpc) is 3.55. The number of methoxy groups -OCH3 is 1. The number of nitrogens with zero attached hydrogens (tertiary/aromatic N) is 2. The first-order valence-electron chi connectivity index (χ1n) is 11.0. The number of para-hydroxylation sites is 1. The van der Waals surface area contributed by atoms with E-state index in [0.29, 0.717) is 12.8 Å². The summed E-state index contributed by atoms with van der Waals surface area (Å²) in [6, 6.07) is 12.0. The van der Waals surface area contributed by atoms with Crippen LogP contribution in [0.15, 0.2) is 48.5 Å². The van der Waals surface area contributed by atoms with Crippen LogP contribution in [0, 0.1) is 11.6 Å². The highest BCUT2D eigenvalue weighted by Gasteiger charge is 2.49. The van der Waals surface area contributed by atoms with E-state index in [1.165, 1.54) is 19.1 Å². The molecule has 1 saturated carbocycles. The molecule has 0 radical (unpaired) electrons. The molecule has 2 N–H and O–H groups in total. The first kappa shape index (κ1) is 22.1. The first-order valence-corrected chi connectivity index (χ1v) is 11.0. The molecule has 3 aromatic rings. The summed E-state index contributed by atoms with van der Waals surface area (Å²) in [7, 11) is 2.85. The van der Waals surface area contributed by atoms with Crippen LogP contribution in [-0.2, 0) is 10.3 Å². The number of likely N-dealkylation sites (tertiary alicyclic amines) is 1. The van der Waals surface area contributed by atoms with Crippen LogP contribution < -0.4 is 15.4 Å². The number of nitrogens with one attached hydrogen (secondary N) is 2. The van der Waals surface area contributed by atoms with Gasteiger partial charge in [-0.15, -0.1) is 0 Å². The molecule has 7 nitrogen and oxygen atoms in total. The van der Waals surface area contributed by atoms with E-state index in [4.69, 9.17) is 9.72 Å². The van der Waals surface area contributed by atoms with Crippen molar-refractivity contribution in [2.24, 2.45) is 0 Å². The Bertz CT molecular complexity index is 1270. The zero-order valence-electron chi connectivity index (χ0n) is 18.8. The van der Waals surface area contributed by atoms with E-state index in [1.54, 1.807) is 0 Å². The predicted molar refractivity (Wildman–Crippen MR) is 121 cm³/mol. The summed E-state index contributed by atoms with van der Waals surface area (Å²) in [5.41, 5.74) is 0.682. The fourth-order valence-electron chi connectivity index (χ4n) is 4.65. The third-order valence-corrected chi connectivity index (χ3v) is 6.65. The molecule has 1 aliphatic carbocycles. The molecule has 2 aliphatic rings. The molecule has 1 saturated heterocycles. The van der Waals surface area contributed by atoms with E-state index in [0.717, 1.165) is 28.7 Å². The van der Waals surface area contributed by atoms with E-state index in [2.05, 4.69) is 10.6 Å². The van der Waals surface area contributed by atoms with Gasteiger partial charge < -0.3 is 20.3 Å². The number of aromatic nitrogens is 1. The second-order valence-electron chi connectivity index (χ2n) is 8.88. The third kappa shape index (κ3) is 3.81. The number of rotatable bonds is 5. The zero-order valence-corrected chi connectivity index (χ0v) is 18.8. The molecule has 3 amide bonds. The predicted octanol–water partition coefficient (Wildman–Crippen LogP) is 3.43. The van der Waals surface area contributed by atoms with Gasteiger partial charge in [-0.2, -0.15) is 0 Å². The molecule has 176 valence electrons. The van der Waals surface area contributed by atoms with E-state index in [9.17, 15) is 18.4 Å². The molecule has 9 heteroatoms. The number of hydrogen-bond donors (Lipinski definition) is 2. The normalized spacial score (nSPS) is 20.9. The van der Waals surface area contributed by atoms with Crippen molar-refractivity contribution in [3.63, 3.8) is 0 Å². The van der Waals surface area contributed by atoms with Crippen LogP contribution in [0.4, 0.5) is 13.6 Å². The molecule has 1 aliphatic heterocycles. The average molecular weight is 466 g/mol. The number of pyridine rings is 1. The Morgan fingerprint density at radius 3 is 2.53 bits per heavy atom. The minimum Gasteiger partial charge on any atom is -0.497 e. The monoisotopic (exact) mass is 466 g/mol. The van der Waals surface area contributed by atoms with Gasteiger partial charge in [-0.05, 0) is 25.0 Å². The highest BCUT2D eigenvalue weighted by Crippen LogP contribution is 2.45. The maximum Gasteiger partial charge on any atom is 0.316 e. The van der Waals surface area contributed by atoms with E-state index in [1.807, 2.05) is 36.4 Å². The molecule has 0 unspecified atom stereocenters. The molecule has 0 bridgehead atoms. The number of fused-ring (bicyclic) bond motifs is 1. The molecule has 34 heavy (non-hydrogen) atoms. The van der Waals surface area contributed by atoms with Gasteiger partial charge in [0.05, 0.1) is 23.9 Å². The van der Waals surface area contributed by atoms with Gasteiger partial charge in [0.1, 0.15) is 23.4 Å². The molecular formula is C25H24F2N4O3. The Morgan fingerprint density at radius 2 is 1.85 bits per heavy atom. The lowest BCUT2D eigenvalue weighted by Gasteiger charge is -2.23. The number of ether oxygens (including phenoxy) is 1. The summed E-state index contributed by atoms with van der Waals surface area (Å²) < 4.78 is 34.4. The lowest BCUT2D eigenvalue weighted by molar-refractivity contribution is -0.128. The number of hydrogen-bond acceptors (Lipinski definition) is 4. The summed E-state index contributed by atoms with van der Waals surface area (Å²) in [6.07, 6.45) is 1.41. The van der Waals surface area contributed by atoms with E-state index >= 15 is 0 Å². The smallest absolute Gasteiger partial charge is 0.316 e. The van der Waals surface area contributed by atoms with Crippen LogP contribution in [0.1, 0.15) is 30.0 Å². The maximum absolute atomic E-state index is 14.8. The van der Waals surface area contributed by atoms with Gasteiger partial charge >= 0.3 is 6.03 Å². The van der Waals surface area contributed by atoms with Crippen LogP contribution in [-0.4, -0.2) is 48.6 Å². The number of urea groups is 1. The standard InChI is InChI=1S/C25H24F2N4O3/c1-31-13-16(21-17(26)11-15(34-2)12-18(21)27)22(23(31)32)29-24(33)30-25(9-10-25)20-8-7-14-5-3-4-6-19(14)28-20/h3-8,11-12,16,22H,9-10,13H2,1-2H3,(H2,29,30,33)/t16-,22-/m0/s1. The Balaban J connectivity index is 1.37. The van der Waals surface area contributed by atoms with Gasteiger partial charge in [-0.25, -0.2) is 13.6 Å². The fraction of sp³-hybridized carbons (Fsp3) is 0.320. The summed E-state index contributed by atoms with van der Waals surface area (Å²) in [5, 5.41) is 6.60. The Hall–Kier alpha value is -3.75. The van der Waals surface area contributed by atoms with Gasteiger partial charge in [0.25, 0.3) is 0 Å². The summed E-state index contributed by atoms with van der Waals surface area (Å²) in [5.74, 6) is -2.91. The molecule has 0 spiro atoms. The van der Waals surface area contributed by atoms with Crippen LogP contribution in [0.2, 0.25) is 0 Å². The summed E-state index contributed by atoms with van der Waals surface area (Å²) in [4.78, 5) is 31.8. The van der Waals surface area contributed by atoms with Crippen molar-refractivity contribution in [2.75, 3.05) is 20.7 Å². The molecule has 2 atom stereocenters. The lowest BCUT2D eigenvalue weighted by Crippen LogP contribution is -2.50. The molecule has 1 aromatic heterocycles. The molecular weight excluding hydrogens is 442 g/mol. The van der Waals surface area contributed by atoms with Gasteiger partial charge in [-0.3, -0.25) is 9.78 Å². The molecule has 5 rings (SSSR count). The van der Waals surface area contributed by atoms with Gasteiger partial charge in [0.15, 0.2) is 0 Å². The molecule has 2 heterocycles. The third-order valence-electron chi connectivity index (χ3n) is 6.65. The van der Waals surface area contributed by atoms with Crippen molar-refractivity contribution in [1.29, 1.82) is 0 Å². The fourth-order valence-corrected chi connectivity index (χ4v) is 4.65. The highest BCUT2D eigenvalue weighted by molar-refractivity contribution is 5.90. The lowest BCUT2D eigenvalue weighted by atomic mass is 9.92. The number of benzene rings is 2. The second-order valence-corrected chi connectivity index (χ2v) is 8.88. The second kappa shape index (κ2) is 8.23. The first-order chi connectivity index (χ1) is 16.3. The van der Waals surface area contributed by atoms with Crippen molar-refractivity contribution in [3.05, 3.63) is 71.4 Å². The van der Waals surface area contributed by atoms with E-state index in [-0.39, 0.29) is 17.9 Å². The van der Waals surface area contributed by atoms with Crippen LogP contribution >= 0.6 is 0 Å². The van der Waals surface area contributed by atoms with Crippen molar-refractivity contribution < 1.29 is 23.1 Å². The van der Waals surface area contributed by atoms with Crippen molar-refractivity contribution >= 4 is 22.8 Å². The van der Waals surface area contributed by atoms with Crippen molar-refractivity contribution in [3.8, 4) is 5.75 Å². The Morgan fingerprint density at radius 1 is 1.15 bits per heavy atom. The molecule has 2 fully saturated rings. The SMILES string of the molecule is COc1cc(F)c([C@@H]2CN(C)C(=O)[C@H]2NC(=O)NC2(c3ccc4ccccc4n3)CC2)c(F)c1. The Kier molecular flexibility index (Phi) is 5.34. The number of carbonyl (C=O) groups is 2. The van der Waals surface area contributed by atoms with Gasteiger partial charge in [0, 0.05) is 42.6 Å². The molecule has 2 aromatic carbocycles. The number of halogens is 2. The highest BCUT2D eigenvalue weighted by atomic mass is 19.1. The van der Waals surface area contributed by atoms with Crippen LogP contribution in [0.5, 0.6) is 5.75 Å². The quantitative estimate of drug-likeness (QED) is 0.604. The van der Waals surface area contributed by atoms with Crippen molar-refractivity contribution in [1.82, 2.24) is 20.5 Å². The number of amides is 3. The summed E-state index contributed by atoms with van der Waals surface area (Å²) >= 11 is 0. The topological polar surface area (TPSA) is 83.6 Å².